The molecule has 0 aliphatic rings. The quantitative estimate of drug-likeness (QED) is 0.659. The number of para-hydroxylation sites is 1. The molecule has 0 saturated carbocycles. The van der Waals surface area contributed by atoms with Gasteiger partial charge in [0.25, 0.3) is 5.91 Å². The second kappa shape index (κ2) is 8.62. The molecule has 0 spiro atoms. The summed E-state index contributed by atoms with van der Waals surface area (Å²) < 4.78 is 27.6. The zero-order chi connectivity index (χ0) is 19.1. The van der Waals surface area contributed by atoms with Gasteiger partial charge in [-0.3, -0.25) is 4.79 Å². The Bertz CT molecular complexity index is 1000. The number of nitrogens with one attached hydrogen (secondary N) is 2. The number of rotatable bonds is 7. The van der Waals surface area contributed by atoms with Crippen molar-refractivity contribution in [2.75, 3.05) is 11.9 Å². The van der Waals surface area contributed by atoms with Crippen molar-refractivity contribution >= 4 is 21.6 Å². The number of sulfonamides is 1. The van der Waals surface area contributed by atoms with E-state index in [1.807, 2.05) is 48.5 Å². The summed E-state index contributed by atoms with van der Waals surface area (Å²) in [5.41, 5.74) is 1.98. The molecule has 0 aliphatic carbocycles. The summed E-state index contributed by atoms with van der Waals surface area (Å²) in [7, 11) is -3.69. The van der Waals surface area contributed by atoms with E-state index in [0.29, 0.717) is 12.1 Å². The van der Waals surface area contributed by atoms with Crippen LogP contribution in [-0.2, 0) is 16.4 Å². The van der Waals surface area contributed by atoms with Gasteiger partial charge in [-0.15, -0.1) is 0 Å². The van der Waals surface area contributed by atoms with Crippen LogP contribution < -0.4 is 10.0 Å². The van der Waals surface area contributed by atoms with Gasteiger partial charge >= 0.3 is 0 Å². The SMILES string of the molecule is O=C(Nc1ccccc1)c1cccc(S(=O)(=O)NCCc2ccccc2)c1. The first-order chi connectivity index (χ1) is 13.0. The molecule has 0 aliphatic heterocycles. The maximum Gasteiger partial charge on any atom is 0.255 e. The van der Waals surface area contributed by atoms with E-state index in [4.69, 9.17) is 0 Å². The average Bonchev–Trinajstić information content (AvgIpc) is 2.69. The average molecular weight is 380 g/mol. The van der Waals surface area contributed by atoms with Crippen molar-refractivity contribution in [3.8, 4) is 0 Å². The van der Waals surface area contributed by atoms with E-state index in [9.17, 15) is 13.2 Å². The normalized spacial score (nSPS) is 11.1. The standard InChI is InChI=1S/C21H20N2O3S/c24-21(23-19-11-5-2-6-12-19)18-10-7-13-20(16-18)27(25,26)22-15-14-17-8-3-1-4-9-17/h1-13,16,22H,14-15H2,(H,23,24). The highest BCUT2D eigenvalue weighted by molar-refractivity contribution is 7.89. The number of carbonyl (C=O) groups excluding carboxylic acids is 1. The van der Waals surface area contributed by atoms with Gasteiger partial charge in [-0.05, 0) is 42.3 Å². The molecule has 2 N–H and O–H groups in total. The second-order valence-electron chi connectivity index (χ2n) is 5.98. The summed E-state index contributed by atoms with van der Waals surface area (Å²) in [4.78, 5) is 12.4. The Balaban J connectivity index is 1.67. The molecule has 3 aromatic carbocycles. The van der Waals surface area contributed by atoms with Crippen LogP contribution in [0, 0.1) is 0 Å². The van der Waals surface area contributed by atoms with E-state index in [1.165, 1.54) is 12.1 Å². The Morgan fingerprint density at radius 3 is 2.19 bits per heavy atom. The molecule has 1 amide bonds. The van der Waals surface area contributed by atoms with Gasteiger partial charge in [-0.25, -0.2) is 13.1 Å². The number of benzene rings is 3. The smallest absolute Gasteiger partial charge is 0.255 e. The van der Waals surface area contributed by atoms with Gasteiger partial charge in [0, 0.05) is 17.8 Å². The first-order valence-electron chi connectivity index (χ1n) is 8.55. The number of hydrogen-bond acceptors (Lipinski definition) is 3. The molecule has 0 unspecified atom stereocenters. The van der Waals surface area contributed by atoms with Crippen molar-refractivity contribution < 1.29 is 13.2 Å². The lowest BCUT2D eigenvalue weighted by Gasteiger charge is -2.09. The fraction of sp³-hybridized carbons (Fsp3) is 0.0952. The number of anilines is 1. The number of hydrogen-bond donors (Lipinski definition) is 2. The lowest BCUT2D eigenvalue weighted by molar-refractivity contribution is 0.102. The van der Waals surface area contributed by atoms with Crippen LogP contribution >= 0.6 is 0 Å². The predicted octanol–water partition coefficient (Wildman–Crippen LogP) is 3.46. The molecule has 5 nitrogen and oxygen atoms in total. The van der Waals surface area contributed by atoms with Crippen molar-refractivity contribution in [1.82, 2.24) is 4.72 Å². The van der Waals surface area contributed by atoms with Crippen LogP contribution in [0.5, 0.6) is 0 Å². The topological polar surface area (TPSA) is 75.3 Å². The van der Waals surface area contributed by atoms with Gasteiger partial charge in [0.05, 0.1) is 4.90 Å². The van der Waals surface area contributed by atoms with Crippen LogP contribution in [0.1, 0.15) is 15.9 Å². The van der Waals surface area contributed by atoms with E-state index in [-0.39, 0.29) is 22.9 Å². The Hall–Kier alpha value is -2.96. The van der Waals surface area contributed by atoms with Crippen molar-refractivity contribution in [3.05, 3.63) is 96.1 Å². The fourth-order valence-electron chi connectivity index (χ4n) is 2.59. The Kier molecular flexibility index (Phi) is 6.01. The zero-order valence-electron chi connectivity index (χ0n) is 14.6. The summed E-state index contributed by atoms with van der Waals surface area (Å²) >= 11 is 0. The van der Waals surface area contributed by atoms with Crippen LogP contribution in [0.2, 0.25) is 0 Å². The molecule has 3 aromatic rings. The Morgan fingerprint density at radius 1 is 0.815 bits per heavy atom. The highest BCUT2D eigenvalue weighted by Gasteiger charge is 2.16. The van der Waals surface area contributed by atoms with E-state index in [1.54, 1.807) is 24.3 Å². The molecule has 0 radical (unpaired) electrons. The van der Waals surface area contributed by atoms with Gasteiger partial charge in [-0.1, -0.05) is 54.6 Å². The van der Waals surface area contributed by atoms with Crippen molar-refractivity contribution in [3.63, 3.8) is 0 Å². The molecule has 27 heavy (non-hydrogen) atoms. The van der Waals surface area contributed by atoms with E-state index in [2.05, 4.69) is 10.0 Å². The van der Waals surface area contributed by atoms with Crippen LogP contribution in [0.3, 0.4) is 0 Å². The lowest BCUT2D eigenvalue weighted by Crippen LogP contribution is -2.26. The van der Waals surface area contributed by atoms with Gasteiger partial charge in [-0.2, -0.15) is 0 Å². The molecule has 0 aromatic heterocycles. The maximum absolute atomic E-state index is 12.5. The van der Waals surface area contributed by atoms with Gasteiger partial charge < -0.3 is 5.32 Å². The maximum atomic E-state index is 12.5. The summed E-state index contributed by atoms with van der Waals surface area (Å²) in [6, 6.07) is 24.7. The summed E-state index contributed by atoms with van der Waals surface area (Å²) in [5.74, 6) is -0.359. The summed E-state index contributed by atoms with van der Waals surface area (Å²) in [6.07, 6.45) is 0.592. The highest BCUT2D eigenvalue weighted by atomic mass is 32.2. The monoisotopic (exact) mass is 380 g/mol. The number of carbonyl (C=O) groups is 1. The third-order valence-corrected chi connectivity index (χ3v) is 5.45. The minimum Gasteiger partial charge on any atom is -0.322 e. The molecule has 3 rings (SSSR count). The van der Waals surface area contributed by atoms with Crippen LogP contribution in [0.4, 0.5) is 5.69 Å². The first kappa shape index (κ1) is 18.8. The third-order valence-electron chi connectivity index (χ3n) is 3.99. The fourth-order valence-corrected chi connectivity index (χ4v) is 3.66. The van der Waals surface area contributed by atoms with Gasteiger partial charge in [0.1, 0.15) is 0 Å². The molecule has 0 heterocycles. The van der Waals surface area contributed by atoms with Crippen LogP contribution in [0.25, 0.3) is 0 Å². The van der Waals surface area contributed by atoms with E-state index < -0.39 is 10.0 Å². The third kappa shape index (κ3) is 5.26. The largest absolute Gasteiger partial charge is 0.322 e. The molecular weight excluding hydrogens is 360 g/mol. The summed E-state index contributed by atoms with van der Waals surface area (Å²) in [5, 5.41) is 2.75. The summed E-state index contributed by atoms with van der Waals surface area (Å²) in [6.45, 7) is 0.285. The number of amides is 1. The second-order valence-corrected chi connectivity index (χ2v) is 7.75. The minimum absolute atomic E-state index is 0.0660. The van der Waals surface area contributed by atoms with Crippen molar-refractivity contribution in [2.24, 2.45) is 0 Å². The van der Waals surface area contributed by atoms with Crippen LogP contribution in [0.15, 0.2) is 89.8 Å². The molecule has 0 fully saturated rings. The Morgan fingerprint density at radius 2 is 1.48 bits per heavy atom. The van der Waals surface area contributed by atoms with Crippen molar-refractivity contribution in [2.45, 2.75) is 11.3 Å². The van der Waals surface area contributed by atoms with E-state index >= 15 is 0 Å². The van der Waals surface area contributed by atoms with Crippen molar-refractivity contribution in [1.29, 1.82) is 0 Å². The van der Waals surface area contributed by atoms with Crippen LogP contribution in [-0.4, -0.2) is 20.9 Å². The lowest BCUT2D eigenvalue weighted by atomic mass is 10.2. The van der Waals surface area contributed by atoms with Gasteiger partial charge in [0.15, 0.2) is 0 Å². The highest BCUT2D eigenvalue weighted by Crippen LogP contribution is 2.14. The molecule has 0 bridgehead atoms. The minimum atomic E-state index is -3.69. The van der Waals surface area contributed by atoms with E-state index in [0.717, 1.165) is 5.56 Å². The molecule has 0 atom stereocenters. The Labute approximate surface area is 159 Å². The van der Waals surface area contributed by atoms with Gasteiger partial charge in [0.2, 0.25) is 10.0 Å². The predicted molar refractivity (Wildman–Crippen MR) is 106 cm³/mol. The molecular formula is C21H20N2O3S. The zero-order valence-corrected chi connectivity index (χ0v) is 15.4. The molecule has 6 heteroatoms. The molecule has 0 saturated heterocycles. The molecule has 138 valence electrons. The first-order valence-corrected chi connectivity index (χ1v) is 10.0.